The average Bonchev–Trinajstić information content (AvgIpc) is 3.49. The highest BCUT2D eigenvalue weighted by atomic mass is 79.9. The zero-order valence-corrected chi connectivity index (χ0v) is 42.2. The molecule has 0 bridgehead atoms. The van der Waals surface area contributed by atoms with Crippen LogP contribution in [0.1, 0.15) is 98.4 Å². The van der Waals surface area contributed by atoms with Gasteiger partial charge >= 0.3 is 12.2 Å². The monoisotopic (exact) mass is 1050 g/mol. The molecule has 14 nitrogen and oxygen atoms in total. The molecule has 2 aromatic carbocycles. The highest BCUT2D eigenvalue weighted by molar-refractivity contribution is 9.10. The normalized spacial score (nSPS) is 18.9. The predicted octanol–water partition coefficient (Wildman–Crippen LogP) is 8.24. The number of fused-ring (bicyclic) bond motifs is 4. The second-order valence-corrected chi connectivity index (χ2v) is 22.4. The summed E-state index contributed by atoms with van der Waals surface area (Å²) in [7, 11) is -3.97. The molecule has 17 heteroatoms. The maximum absolute atomic E-state index is 13.0. The molecule has 4 heterocycles. The molecule has 0 radical (unpaired) electrons. The summed E-state index contributed by atoms with van der Waals surface area (Å²) in [4.78, 5) is 55.6. The van der Waals surface area contributed by atoms with E-state index in [-0.39, 0.29) is 36.5 Å². The van der Waals surface area contributed by atoms with Crippen LogP contribution < -0.4 is 0 Å². The van der Waals surface area contributed by atoms with Crippen LogP contribution in [0.3, 0.4) is 0 Å². The summed E-state index contributed by atoms with van der Waals surface area (Å²) < 4.78 is 37.1. The first-order valence-electron chi connectivity index (χ1n) is 21.8. The highest BCUT2D eigenvalue weighted by Gasteiger charge is 2.38. The number of aromatic nitrogens is 2. The number of benzene rings is 2. The van der Waals surface area contributed by atoms with Crippen molar-refractivity contribution in [2.75, 3.05) is 65.2 Å². The topological polar surface area (TPSA) is 163 Å². The summed E-state index contributed by atoms with van der Waals surface area (Å²) >= 11 is 6.95. The first kappa shape index (κ1) is 49.1. The quantitative estimate of drug-likeness (QED) is 0.209. The lowest BCUT2D eigenvalue weighted by Crippen LogP contribution is -2.51. The minimum Gasteiger partial charge on any atom is -0.444 e. The number of amides is 2. The van der Waals surface area contributed by atoms with E-state index in [0.29, 0.717) is 68.1 Å². The van der Waals surface area contributed by atoms with Gasteiger partial charge in [-0.2, -0.15) is 0 Å². The van der Waals surface area contributed by atoms with Crippen molar-refractivity contribution < 1.29 is 37.4 Å². The minimum absolute atomic E-state index is 0.0552. The van der Waals surface area contributed by atoms with Gasteiger partial charge in [0.15, 0.2) is 0 Å². The van der Waals surface area contributed by atoms with Crippen molar-refractivity contribution in [2.24, 2.45) is 0 Å². The maximum Gasteiger partial charge on any atom is 0.410 e. The molecule has 4 aromatic rings. The van der Waals surface area contributed by atoms with Crippen molar-refractivity contribution in [1.82, 2.24) is 29.6 Å². The third-order valence-corrected chi connectivity index (χ3v) is 13.3. The van der Waals surface area contributed by atoms with Gasteiger partial charge in [0, 0.05) is 96.7 Å². The molecule has 2 aliphatic heterocycles. The van der Waals surface area contributed by atoms with E-state index in [1.54, 1.807) is 28.1 Å². The van der Waals surface area contributed by atoms with Crippen LogP contribution in [0.4, 0.5) is 9.59 Å². The fourth-order valence-corrected chi connectivity index (χ4v) is 9.83. The standard InChI is InChI=1S/C25H28BrN3O5S.C24H28BrN3O3/c1-25(2,3)34-24(31)29-11-9-28(10-12-29)22-18-8-6-5-7-16(18)13-20(23(30)35(4,32)33)19-14-17(26)15-27-21(19)22;1-24(2,3)31-23(30)28-10-8-27(9-11-28)22-19-7-5-4-6-16(19)12-17(15-29)20-13-18(25)14-26-21(20)22/h5-8,13-15,22H,9-12H2,1-4H3;4-7,12-14,22,29H,8-11,15H2,1-3H3. The van der Waals surface area contributed by atoms with E-state index in [9.17, 15) is 27.9 Å². The van der Waals surface area contributed by atoms with Crippen molar-refractivity contribution in [2.45, 2.75) is 64.8 Å². The number of nitrogens with zero attached hydrogens (tertiary/aromatic N) is 6. The van der Waals surface area contributed by atoms with Crippen LogP contribution in [-0.4, -0.2) is 137 Å². The van der Waals surface area contributed by atoms with Crippen LogP contribution in [0.25, 0.3) is 23.3 Å². The average molecular weight is 1050 g/mol. The Labute approximate surface area is 403 Å². The Balaban J connectivity index is 0.000000198. The fraction of sp³-hybridized carbons (Fsp3) is 0.408. The first-order chi connectivity index (χ1) is 31.1. The van der Waals surface area contributed by atoms with Gasteiger partial charge in [-0.1, -0.05) is 48.5 Å². The third kappa shape index (κ3) is 11.3. The molecule has 2 aromatic heterocycles. The summed E-state index contributed by atoms with van der Waals surface area (Å²) in [5.41, 5.74) is 6.76. The molecule has 2 aliphatic carbocycles. The Morgan fingerprint density at radius 3 is 1.50 bits per heavy atom. The Bertz CT molecular complexity index is 2680. The van der Waals surface area contributed by atoms with Crippen LogP contribution in [0.5, 0.6) is 0 Å². The molecule has 2 saturated heterocycles. The molecular formula is C49H56Br2N6O8S. The van der Waals surface area contributed by atoms with Gasteiger partial charge in [-0.05, 0) is 126 Å². The lowest BCUT2D eigenvalue weighted by molar-refractivity contribution is -0.107. The van der Waals surface area contributed by atoms with Crippen LogP contribution in [0, 0.1) is 0 Å². The number of ether oxygens (including phenoxy) is 2. The van der Waals surface area contributed by atoms with E-state index in [1.807, 2.05) is 90.2 Å². The molecule has 2 unspecified atom stereocenters. The molecule has 0 spiro atoms. The van der Waals surface area contributed by atoms with Gasteiger partial charge in [0.25, 0.3) is 5.12 Å². The second-order valence-electron chi connectivity index (χ2n) is 18.7. The predicted molar refractivity (Wildman–Crippen MR) is 262 cm³/mol. The number of rotatable bonds is 4. The van der Waals surface area contributed by atoms with Crippen molar-refractivity contribution in [1.29, 1.82) is 0 Å². The summed E-state index contributed by atoms with van der Waals surface area (Å²) in [5, 5.41) is 9.14. The lowest BCUT2D eigenvalue weighted by atomic mass is 9.95. The van der Waals surface area contributed by atoms with Crippen molar-refractivity contribution in [3.05, 3.63) is 127 Å². The van der Waals surface area contributed by atoms with Crippen LogP contribution in [0.2, 0.25) is 0 Å². The third-order valence-electron chi connectivity index (χ3n) is 11.5. The number of aliphatic hydroxyl groups is 1. The largest absolute Gasteiger partial charge is 0.444 e. The number of carbonyl (C=O) groups excluding carboxylic acids is 3. The summed E-state index contributed by atoms with van der Waals surface area (Å²) in [6.45, 7) is 15.8. The Hall–Kier alpha value is -4.78. The highest BCUT2D eigenvalue weighted by Crippen LogP contribution is 2.42. The molecule has 66 heavy (non-hydrogen) atoms. The number of sulfone groups is 1. The van der Waals surface area contributed by atoms with Crippen molar-refractivity contribution in [3.8, 4) is 0 Å². The summed E-state index contributed by atoms with van der Waals surface area (Å²) in [6, 6.07) is 19.3. The van der Waals surface area contributed by atoms with Gasteiger partial charge in [-0.15, -0.1) is 0 Å². The molecule has 8 rings (SSSR count). The van der Waals surface area contributed by atoms with E-state index in [1.165, 1.54) is 0 Å². The van der Waals surface area contributed by atoms with Gasteiger partial charge in [0.05, 0.1) is 30.1 Å². The van der Waals surface area contributed by atoms with Gasteiger partial charge in [-0.25, -0.2) is 18.0 Å². The molecule has 2 fully saturated rings. The Kier molecular flexibility index (Phi) is 14.8. The molecule has 4 aliphatic rings. The van der Waals surface area contributed by atoms with E-state index >= 15 is 0 Å². The Morgan fingerprint density at radius 2 is 1.08 bits per heavy atom. The smallest absolute Gasteiger partial charge is 0.410 e. The van der Waals surface area contributed by atoms with Crippen LogP contribution in [-0.2, 0) is 24.1 Å². The second kappa shape index (κ2) is 19.8. The minimum atomic E-state index is -3.97. The molecule has 350 valence electrons. The number of hydrogen-bond donors (Lipinski definition) is 1. The molecular weight excluding hydrogens is 992 g/mol. The van der Waals surface area contributed by atoms with Crippen molar-refractivity contribution >= 4 is 82.3 Å². The van der Waals surface area contributed by atoms with E-state index in [2.05, 4.69) is 64.9 Å². The number of hydrogen-bond acceptors (Lipinski definition) is 12. The zero-order valence-electron chi connectivity index (χ0n) is 38.3. The number of piperazine rings is 2. The molecule has 2 amide bonds. The van der Waals surface area contributed by atoms with Gasteiger partial charge < -0.3 is 24.4 Å². The number of aliphatic hydroxyl groups excluding tert-OH is 1. The van der Waals surface area contributed by atoms with Gasteiger partial charge in [-0.3, -0.25) is 24.6 Å². The van der Waals surface area contributed by atoms with E-state index < -0.39 is 26.2 Å². The summed E-state index contributed by atoms with van der Waals surface area (Å²) in [6.07, 6.45) is 7.47. The number of carbonyl (C=O) groups is 3. The number of pyridine rings is 2. The van der Waals surface area contributed by atoms with Crippen molar-refractivity contribution in [3.63, 3.8) is 0 Å². The van der Waals surface area contributed by atoms with Crippen LogP contribution in [0.15, 0.2) is 82.0 Å². The Morgan fingerprint density at radius 1 is 0.667 bits per heavy atom. The van der Waals surface area contributed by atoms with Crippen LogP contribution >= 0.6 is 31.9 Å². The van der Waals surface area contributed by atoms with Gasteiger partial charge in [0.1, 0.15) is 11.2 Å². The fourth-order valence-electron chi connectivity index (χ4n) is 8.60. The van der Waals surface area contributed by atoms with Gasteiger partial charge in [0.2, 0.25) is 9.84 Å². The van der Waals surface area contributed by atoms with E-state index in [4.69, 9.17) is 14.5 Å². The molecule has 1 N–H and O–H groups in total. The molecule has 0 saturated carbocycles. The number of halogens is 2. The lowest BCUT2D eigenvalue weighted by Gasteiger charge is -2.40. The SMILES string of the molecule is CC(C)(C)OC(=O)N1CCN(C2c3ccccc3C=C(C(=O)S(C)(=O)=O)c3cc(Br)cnc32)CC1.CC(C)(C)OC(=O)N1CCN(C2c3ccccc3C=C(CO)c3cc(Br)cnc32)CC1. The van der Waals surface area contributed by atoms with E-state index in [0.717, 1.165) is 49.8 Å². The molecule has 2 atom stereocenters. The zero-order chi connectivity index (χ0) is 47.7. The summed E-state index contributed by atoms with van der Waals surface area (Å²) in [5.74, 6) is 0. The first-order valence-corrected chi connectivity index (χ1v) is 25.3. The maximum atomic E-state index is 13.0.